The number of anilines is 1. The molecule has 2 aromatic rings. The highest BCUT2D eigenvalue weighted by Gasteiger charge is 2.33. The molecule has 172 valence electrons. The molecule has 6 nitrogen and oxygen atoms in total. The summed E-state index contributed by atoms with van der Waals surface area (Å²) in [5.41, 5.74) is 5.12. The van der Waals surface area contributed by atoms with Crippen LogP contribution in [0.4, 0.5) is 5.69 Å². The number of rotatable bonds is 10. The van der Waals surface area contributed by atoms with E-state index < -0.39 is 0 Å². The lowest BCUT2D eigenvalue weighted by atomic mass is 10.0. The van der Waals surface area contributed by atoms with E-state index in [1.807, 2.05) is 42.4 Å². The summed E-state index contributed by atoms with van der Waals surface area (Å²) >= 11 is 12.6. The first-order valence-electron chi connectivity index (χ1n) is 10.9. The van der Waals surface area contributed by atoms with Gasteiger partial charge in [0.05, 0.1) is 23.9 Å². The maximum absolute atomic E-state index is 13.0. The predicted octanol–water partition coefficient (Wildman–Crippen LogP) is 5.85. The summed E-state index contributed by atoms with van der Waals surface area (Å²) in [6.45, 7) is 2.98. The van der Waals surface area contributed by atoms with Crippen LogP contribution in [0.5, 0.6) is 5.75 Å². The highest BCUT2D eigenvalue weighted by Crippen LogP contribution is 2.40. The lowest BCUT2D eigenvalue weighted by Crippen LogP contribution is -2.43. The van der Waals surface area contributed by atoms with E-state index in [1.54, 1.807) is 24.3 Å². The number of ether oxygens (including phenoxy) is 1. The van der Waals surface area contributed by atoms with Gasteiger partial charge in [-0.1, -0.05) is 61.5 Å². The monoisotopic (exact) mass is 476 g/mol. The minimum atomic E-state index is -0.200. The predicted molar refractivity (Wildman–Crippen MR) is 132 cm³/mol. The molecule has 3 rings (SSSR count). The third kappa shape index (κ3) is 6.15. The molecule has 0 aromatic heterocycles. The first kappa shape index (κ1) is 24.4. The number of nitrogens with zero attached hydrogens (tertiary/aromatic N) is 3. The molecule has 1 unspecified atom stereocenters. The Morgan fingerprint density at radius 1 is 1.19 bits per heavy atom. The molecule has 0 aliphatic carbocycles. The summed E-state index contributed by atoms with van der Waals surface area (Å²) in [7, 11) is 3.52. The number of nitrogens with one attached hydrogen (secondary N) is 1. The minimum absolute atomic E-state index is 0.171. The molecule has 8 heteroatoms. The molecule has 0 radical (unpaired) electrons. The quantitative estimate of drug-likeness (QED) is 0.344. The molecule has 1 aliphatic rings. The van der Waals surface area contributed by atoms with Gasteiger partial charge in [0.2, 0.25) is 0 Å². The van der Waals surface area contributed by atoms with Gasteiger partial charge < -0.3 is 4.74 Å². The van der Waals surface area contributed by atoms with E-state index in [1.165, 1.54) is 12.8 Å². The van der Waals surface area contributed by atoms with Crippen LogP contribution in [0.25, 0.3) is 0 Å². The van der Waals surface area contributed by atoms with E-state index in [2.05, 4.69) is 17.5 Å². The molecule has 1 atom stereocenters. The molecule has 1 amide bonds. The fourth-order valence-electron chi connectivity index (χ4n) is 3.69. The lowest BCUT2D eigenvalue weighted by Gasteiger charge is -2.25. The third-order valence-electron chi connectivity index (χ3n) is 5.47. The largest absolute Gasteiger partial charge is 0.497 e. The number of halogens is 2. The van der Waals surface area contributed by atoms with E-state index in [9.17, 15) is 4.79 Å². The zero-order valence-electron chi connectivity index (χ0n) is 18.8. The Balaban J connectivity index is 1.80. The van der Waals surface area contributed by atoms with E-state index >= 15 is 0 Å². The number of hydrogen-bond acceptors (Lipinski definition) is 5. The zero-order valence-corrected chi connectivity index (χ0v) is 20.3. The van der Waals surface area contributed by atoms with Crippen molar-refractivity contribution in [2.45, 2.75) is 45.1 Å². The molecular formula is C24H30Cl2N4O2. The number of amides is 1. The van der Waals surface area contributed by atoms with E-state index in [4.69, 9.17) is 27.9 Å². The Hall–Kier alpha value is -2.28. The lowest BCUT2D eigenvalue weighted by molar-refractivity contribution is -0.118. The summed E-state index contributed by atoms with van der Waals surface area (Å²) in [4.78, 5) is 13.0. The number of unbranched alkanes of at least 4 members (excludes halogenated alkanes) is 3. The molecule has 1 N–H and O–H groups in total. The fourth-order valence-corrected chi connectivity index (χ4v) is 4.19. The fraction of sp³-hybridized carbons (Fsp3) is 0.417. The summed E-state index contributed by atoms with van der Waals surface area (Å²) < 4.78 is 5.28. The third-order valence-corrected chi connectivity index (χ3v) is 6.01. The Kier molecular flexibility index (Phi) is 8.79. The molecule has 0 spiro atoms. The van der Waals surface area contributed by atoms with E-state index in [0.717, 1.165) is 30.7 Å². The van der Waals surface area contributed by atoms with Gasteiger partial charge in [-0.15, -0.1) is 0 Å². The van der Waals surface area contributed by atoms with E-state index in [0.29, 0.717) is 27.9 Å². The highest BCUT2D eigenvalue weighted by atomic mass is 35.5. The first-order chi connectivity index (χ1) is 15.4. The second-order valence-corrected chi connectivity index (χ2v) is 8.75. The first-order valence-corrected chi connectivity index (χ1v) is 11.7. The molecule has 0 fully saturated rings. The van der Waals surface area contributed by atoms with Crippen LogP contribution in [0.3, 0.4) is 0 Å². The van der Waals surface area contributed by atoms with Crippen LogP contribution in [-0.2, 0) is 4.79 Å². The topological polar surface area (TPSA) is 57.2 Å². The van der Waals surface area contributed by atoms with Gasteiger partial charge >= 0.3 is 0 Å². The van der Waals surface area contributed by atoms with Crippen LogP contribution >= 0.6 is 23.2 Å². The molecule has 0 saturated carbocycles. The maximum atomic E-state index is 13.0. The highest BCUT2D eigenvalue weighted by molar-refractivity contribution is 6.40. The van der Waals surface area contributed by atoms with Crippen molar-refractivity contribution in [1.82, 2.24) is 10.4 Å². The van der Waals surface area contributed by atoms with Crippen molar-refractivity contribution in [2.24, 2.45) is 5.10 Å². The molecule has 1 heterocycles. The minimum Gasteiger partial charge on any atom is -0.497 e. The van der Waals surface area contributed by atoms with Crippen molar-refractivity contribution in [3.05, 3.63) is 58.1 Å². The van der Waals surface area contributed by atoms with Gasteiger partial charge in [0, 0.05) is 25.0 Å². The number of carbonyl (C=O) groups is 1. The molecule has 0 bridgehead atoms. The number of hydrazine groups is 1. The van der Waals surface area contributed by atoms with Gasteiger partial charge in [-0.2, -0.15) is 5.10 Å². The van der Waals surface area contributed by atoms with Crippen molar-refractivity contribution >= 4 is 40.5 Å². The molecule has 0 saturated heterocycles. The van der Waals surface area contributed by atoms with E-state index in [-0.39, 0.29) is 11.9 Å². The van der Waals surface area contributed by atoms with Gasteiger partial charge in [-0.3, -0.25) is 15.2 Å². The van der Waals surface area contributed by atoms with Gasteiger partial charge in [0.1, 0.15) is 11.5 Å². The van der Waals surface area contributed by atoms with Gasteiger partial charge in [-0.25, -0.2) is 5.01 Å². The van der Waals surface area contributed by atoms with Crippen molar-refractivity contribution in [3.8, 4) is 5.75 Å². The Bertz CT molecular complexity index is 950. The smallest absolute Gasteiger partial charge is 0.281 e. The molecular weight excluding hydrogens is 447 g/mol. The zero-order chi connectivity index (χ0) is 23.1. The van der Waals surface area contributed by atoms with Crippen LogP contribution < -0.4 is 15.2 Å². The average molecular weight is 477 g/mol. The second kappa shape index (κ2) is 11.5. The van der Waals surface area contributed by atoms with Crippen LogP contribution in [0.1, 0.15) is 50.6 Å². The summed E-state index contributed by atoms with van der Waals surface area (Å²) in [5, 5.41) is 9.33. The number of carbonyl (C=O) groups excluding carboxylic acids is 1. The number of hydrazone groups is 1. The Morgan fingerprint density at radius 3 is 2.59 bits per heavy atom. The Morgan fingerprint density at radius 2 is 1.94 bits per heavy atom. The molecule has 32 heavy (non-hydrogen) atoms. The maximum Gasteiger partial charge on any atom is 0.281 e. The molecule has 2 aromatic carbocycles. The van der Waals surface area contributed by atoms with Crippen LogP contribution in [0.15, 0.2) is 47.6 Å². The van der Waals surface area contributed by atoms with Crippen LogP contribution in [0, 0.1) is 0 Å². The van der Waals surface area contributed by atoms with Crippen LogP contribution in [0.2, 0.25) is 10.0 Å². The van der Waals surface area contributed by atoms with Gasteiger partial charge in [-0.05, 0) is 42.3 Å². The van der Waals surface area contributed by atoms with Crippen molar-refractivity contribution in [2.75, 3.05) is 25.7 Å². The average Bonchev–Trinajstić information content (AvgIpc) is 3.22. The number of benzene rings is 2. The number of hydrogen-bond donors (Lipinski definition) is 1. The standard InChI is InChI=1S/C24H30Cl2N4O2/c1-4-5-6-7-14-29(2)28-24(31)21-16-23(17-8-11-19(32-3)12-9-17)30(27-21)22-13-10-18(25)15-20(22)26/h8-13,15,23H,4-7,14,16H2,1-3H3,(H,28,31). The van der Waals surface area contributed by atoms with Crippen molar-refractivity contribution in [1.29, 1.82) is 0 Å². The van der Waals surface area contributed by atoms with Crippen LogP contribution in [-0.4, -0.2) is 37.3 Å². The summed E-state index contributed by atoms with van der Waals surface area (Å²) in [5.74, 6) is 0.570. The summed E-state index contributed by atoms with van der Waals surface area (Å²) in [6.07, 6.45) is 5.04. The number of methoxy groups -OCH3 is 1. The van der Waals surface area contributed by atoms with Crippen molar-refractivity contribution in [3.63, 3.8) is 0 Å². The van der Waals surface area contributed by atoms with Gasteiger partial charge in [0.25, 0.3) is 5.91 Å². The van der Waals surface area contributed by atoms with Crippen molar-refractivity contribution < 1.29 is 9.53 Å². The van der Waals surface area contributed by atoms with Gasteiger partial charge in [0.15, 0.2) is 0 Å². The SMILES string of the molecule is CCCCCCN(C)NC(=O)C1=NN(c2ccc(Cl)cc2Cl)C(c2ccc(OC)cc2)C1. The molecule has 1 aliphatic heterocycles. The normalized spacial score (nSPS) is 15.8. The summed E-state index contributed by atoms with van der Waals surface area (Å²) in [6, 6.07) is 12.9. The Labute approximate surface area is 200 Å². The second-order valence-electron chi connectivity index (χ2n) is 7.90.